The summed E-state index contributed by atoms with van der Waals surface area (Å²) >= 11 is 0. The molecule has 2 aromatic rings. The fourth-order valence-electron chi connectivity index (χ4n) is 2.16. The number of rotatable bonds is 6. The molecule has 0 amide bonds. The van der Waals surface area contributed by atoms with Crippen molar-refractivity contribution in [3.8, 4) is 11.5 Å². The highest BCUT2D eigenvalue weighted by molar-refractivity contribution is 6.07. The van der Waals surface area contributed by atoms with Crippen LogP contribution in [-0.4, -0.2) is 29.0 Å². The van der Waals surface area contributed by atoms with Crippen molar-refractivity contribution < 1.29 is 32.9 Å². The number of carbonyl (C=O) groups is 1. The summed E-state index contributed by atoms with van der Waals surface area (Å²) < 4.78 is 41.1. The van der Waals surface area contributed by atoms with Gasteiger partial charge in [-0.25, -0.2) is 0 Å². The zero-order valence-electron chi connectivity index (χ0n) is 13.0. The van der Waals surface area contributed by atoms with Gasteiger partial charge in [-0.1, -0.05) is 18.2 Å². The summed E-state index contributed by atoms with van der Waals surface area (Å²) in [6.45, 7) is -0.191. The molecule has 0 atom stereocenters. The zero-order chi connectivity index (χ0) is 18.4. The Hall–Kier alpha value is -2.80. The summed E-state index contributed by atoms with van der Waals surface area (Å²) in [6, 6.07) is 9.59. The summed E-state index contributed by atoms with van der Waals surface area (Å²) in [7, 11) is 0. The van der Waals surface area contributed by atoms with Gasteiger partial charge in [0.2, 0.25) is 0 Å². The molecule has 0 aromatic heterocycles. The van der Waals surface area contributed by atoms with Crippen LogP contribution in [0.2, 0.25) is 0 Å². The van der Waals surface area contributed by atoms with E-state index in [-0.39, 0.29) is 29.9 Å². The number of ether oxygens (including phenoxy) is 1. The quantitative estimate of drug-likeness (QED) is 0.614. The number of halogens is 3. The zero-order valence-corrected chi connectivity index (χ0v) is 13.0. The Morgan fingerprint density at radius 3 is 2.56 bits per heavy atom. The molecule has 2 rings (SSSR count). The van der Waals surface area contributed by atoms with Gasteiger partial charge in [-0.15, -0.1) is 13.2 Å². The number of hydrogen-bond donors (Lipinski definition) is 2. The minimum atomic E-state index is -4.83. The molecule has 7 heteroatoms. The first-order valence-electron chi connectivity index (χ1n) is 7.30. The average molecular weight is 352 g/mol. The standard InChI is InChI=1S/C18H15F3O4/c19-18(20,21)25-17-4-2-1-3-12(17)5-7-15(23)13-6-8-16(24)14(11-13)9-10-22/h1-8,11,22,24H,9-10H2/b7-5+. The van der Waals surface area contributed by atoms with Gasteiger partial charge >= 0.3 is 6.36 Å². The molecular weight excluding hydrogens is 337 g/mol. The molecule has 132 valence electrons. The largest absolute Gasteiger partial charge is 0.573 e. The first kappa shape index (κ1) is 18.5. The van der Waals surface area contributed by atoms with Crippen molar-refractivity contribution in [3.63, 3.8) is 0 Å². The number of allylic oxidation sites excluding steroid dienone is 1. The van der Waals surface area contributed by atoms with Crippen molar-refractivity contribution in [2.45, 2.75) is 12.8 Å². The number of aromatic hydroxyl groups is 1. The molecule has 0 saturated carbocycles. The maximum absolute atomic E-state index is 12.4. The first-order valence-corrected chi connectivity index (χ1v) is 7.30. The van der Waals surface area contributed by atoms with Gasteiger partial charge in [-0.05, 0) is 48.4 Å². The van der Waals surface area contributed by atoms with Crippen LogP contribution in [0.1, 0.15) is 21.5 Å². The van der Waals surface area contributed by atoms with Gasteiger partial charge in [-0.3, -0.25) is 4.79 Å². The third-order valence-electron chi connectivity index (χ3n) is 3.30. The number of phenols is 1. The SMILES string of the molecule is O=C(/C=C/c1ccccc1OC(F)(F)F)c1ccc(O)c(CCO)c1. The number of hydrogen-bond acceptors (Lipinski definition) is 4. The molecule has 0 bridgehead atoms. The lowest BCUT2D eigenvalue weighted by Gasteiger charge is -2.11. The van der Waals surface area contributed by atoms with Crippen LogP contribution in [0.5, 0.6) is 11.5 Å². The third kappa shape index (κ3) is 5.36. The number of carbonyl (C=O) groups excluding carboxylic acids is 1. The van der Waals surface area contributed by atoms with E-state index in [9.17, 15) is 23.1 Å². The van der Waals surface area contributed by atoms with Crippen LogP contribution in [0.25, 0.3) is 6.08 Å². The lowest BCUT2D eigenvalue weighted by atomic mass is 10.0. The van der Waals surface area contributed by atoms with Crippen LogP contribution in [0.15, 0.2) is 48.5 Å². The fraction of sp³-hybridized carbons (Fsp3) is 0.167. The number of benzene rings is 2. The van der Waals surface area contributed by atoms with Gasteiger partial charge in [0.05, 0.1) is 0 Å². The summed E-state index contributed by atoms with van der Waals surface area (Å²) in [4.78, 5) is 12.2. The molecule has 0 spiro atoms. The predicted octanol–water partition coefficient (Wildman–Crippen LogP) is 3.72. The molecule has 2 aromatic carbocycles. The number of ketones is 1. The van der Waals surface area contributed by atoms with E-state index in [2.05, 4.69) is 4.74 Å². The summed E-state index contributed by atoms with van der Waals surface area (Å²) in [5.74, 6) is -0.912. The molecule has 0 fully saturated rings. The molecule has 0 radical (unpaired) electrons. The van der Waals surface area contributed by atoms with E-state index in [1.807, 2.05) is 0 Å². The molecular formula is C18H15F3O4. The maximum atomic E-state index is 12.4. The highest BCUT2D eigenvalue weighted by atomic mass is 19.4. The van der Waals surface area contributed by atoms with Crippen molar-refractivity contribution >= 4 is 11.9 Å². The molecule has 2 N–H and O–H groups in total. The lowest BCUT2D eigenvalue weighted by Crippen LogP contribution is -2.17. The van der Waals surface area contributed by atoms with Gasteiger partial charge in [0.25, 0.3) is 0 Å². The van der Waals surface area contributed by atoms with E-state index >= 15 is 0 Å². The van der Waals surface area contributed by atoms with E-state index in [0.717, 1.165) is 12.1 Å². The Kier molecular flexibility index (Phi) is 5.82. The second-order valence-corrected chi connectivity index (χ2v) is 5.10. The molecule has 0 aliphatic carbocycles. The van der Waals surface area contributed by atoms with E-state index in [4.69, 9.17) is 5.11 Å². The highest BCUT2D eigenvalue weighted by Gasteiger charge is 2.31. The van der Waals surface area contributed by atoms with Crippen LogP contribution < -0.4 is 4.74 Å². The minimum absolute atomic E-state index is 0.0431. The lowest BCUT2D eigenvalue weighted by molar-refractivity contribution is -0.274. The summed E-state index contributed by atoms with van der Waals surface area (Å²) in [5, 5.41) is 18.6. The van der Waals surface area contributed by atoms with Crippen LogP contribution in [0.3, 0.4) is 0 Å². The molecule has 0 aliphatic rings. The monoisotopic (exact) mass is 352 g/mol. The Bertz CT molecular complexity index is 782. The van der Waals surface area contributed by atoms with Crippen LogP contribution in [-0.2, 0) is 6.42 Å². The van der Waals surface area contributed by atoms with E-state index < -0.39 is 17.9 Å². The predicted molar refractivity (Wildman–Crippen MR) is 85.4 cm³/mol. The Morgan fingerprint density at radius 1 is 1.16 bits per heavy atom. The van der Waals surface area contributed by atoms with Gasteiger partial charge in [0, 0.05) is 17.7 Å². The van der Waals surface area contributed by atoms with Crippen LogP contribution in [0, 0.1) is 0 Å². The Balaban J connectivity index is 2.22. The molecule has 4 nitrogen and oxygen atoms in total. The van der Waals surface area contributed by atoms with Gasteiger partial charge in [0.15, 0.2) is 5.78 Å². The topological polar surface area (TPSA) is 66.8 Å². The number of alkyl halides is 3. The molecule has 0 aliphatic heterocycles. The third-order valence-corrected chi connectivity index (χ3v) is 3.30. The van der Waals surface area contributed by atoms with Crippen molar-refractivity contribution in [2.75, 3.05) is 6.61 Å². The van der Waals surface area contributed by atoms with E-state index in [1.165, 1.54) is 42.5 Å². The van der Waals surface area contributed by atoms with Crippen molar-refractivity contribution in [1.29, 1.82) is 0 Å². The summed E-state index contributed by atoms with van der Waals surface area (Å²) in [6.07, 6.45) is -2.31. The van der Waals surface area contributed by atoms with Crippen LogP contribution in [0.4, 0.5) is 13.2 Å². The normalized spacial score (nSPS) is 11.7. The minimum Gasteiger partial charge on any atom is -0.508 e. The van der Waals surface area contributed by atoms with E-state index in [1.54, 1.807) is 0 Å². The Labute approximate surface area is 141 Å². The number of aliphatic hydroxyl groups excluding tert-OH is 1. The van der Waals surface area contributed by atoms with Crippen molar-refractivity contribution in [1.82, 2.24) is 0 Å². The maximum Gasteiger partial charge on any atom is 0.573 e. The highest BCUT2D eigenvalue weighted by Crippen LogP contribution is 2.27. The van der Waals surface area contributed by atoms with Crippen molar-refractivity contribution in [3.05, 3.63) is 65.2 Å². The fourth-order valence-corrected chi connectivity index (χ4v) is 2.16. The summed E-state index contributed by atoms with van der Waals surface area (Å²) in [5.41, 5.74) is 0.747. The second-order valence-electron chi connectivity index (χ2n) is 5.10. The Morgan fingerprint density at radius 2 is 1.88 bits per heavy atom. The van der Waals surface area contributed by atoms with E-state index in [0.29, 0.717) is 5.56 Å². The van der Waals surface area contributed by atoms with Gasteiger partial charge < -0.3 is 14.9 Å². The molecule has 0 unspecified atom stereocenters. The van der Waals surface area contributed by atoms with Crippen molar-refractivity contribution in [2.24, 2.45) is 0 Å². The molecule has 0 saturated heterocycles. The number of aliphatic hydroxyl groups is 1. The number of phenolic OH excluding ortho intramolecular Hbond substituents is 1. The second kappa shape index (κ2) is 7.85. The average Bonchev–Trinajstić information content (AvgIpc) is 2.54. The van der Waals surface area contributed by atoms with Gasteiger partial charge in [0.1, 0.15) is 11.5 Å². The molecule has 25 heavy (non-hydrogen) atoms. The van der Waals surface area contributed by atoms with Crippen LogP contribution >= 0.6 is 0 Å². The van der Waals surface area contributed by atoms with Gasteiger partial charge in [-0.2, -0.15) is 0 Å². The number of para-hydroxylation sites is 1. The smallest absolute Gasteiger partial charge is 0.508 e. The first-order chi connectivity index (χ1) is 11.8. The molecule has 0 heterocycles.